The van der Waals surface area contributed by atoms with E-state index in [-0.39, 0.29) is 23.5 Å². The van der Waals surface area contributed by atoms with Gasteiger partial charge >= 0.3 is 6.09 Å². The first-order chi connectivity index (χ1) is 13.6. The Hall–Kier alpha value is -3.41. The lowest BCUT2D eigenvalue weighted by Crippen LogP contribution is -2.40. The van der Waals surface area contributed by atoms with E-state index in [0.717, 1.165) is 9.58 Å². The number of anilines is 1. The molecule has 0 aliphatic rings. The maximum atomic E-state index is 13.2. The Morgan fingerprint density at radius 3 is 2.41 bits per heavy atom. The number of hydrogen-bond donors (Lipinski definition) is 0. The van der Waals surface area contributed by atoms with E-state index in [0.29, 0.717) is 11.4 Å². The Morgan fingerprint density at radius 1 is 1.31 bits per heavy atom. The van der Waals surface area contributed by atoms with Gasteiger partial charge in [-0.1, -0.05) is 0 Å². The number of benzene rings is 1. The molecule has 0 fully saturated rings. The van der Waals surface area contributed by atoms with Gasteiger partial charge in [0.1, 0.15) is 29.7 Å². The highest BCUT2D eigenvalue weighted by atomic mass is 19.1. The van der Waals surface area contributed by atoms with E-state index < -0.39 is 23.9 Å². The zero-order valence-corrected chi connectivity index (χ0v) is 17.0. The molecule has 0 radical (unpaired) electrons. The Morgan fingerprint density at radius 2 is 1.93 bits per heavy atom. The number of alkyl halides is 1. The van der Waals surface area contributed by atoms with Gasteiger partial charge in [-0.15, -0.1) is 5.10 Å². The molecule has 1 aromatic carbocycles. The molecule has 1 heterocycles. The molecule has 1 amide bonds. The van der Waals surface area contributed by atoms with Crippen LogP contribution < -0.4 is 15.2 Å². The summed E-state index contributed by atoms with van der Waals surface area (Å²) in [4.78, 5) is 26.4. The van der Waals surface area contributed by atoms with Gasteiger partial charge in [0.05, 0.1) is 19.3 Å². The third-order valence-electron chi connectivity index (χ3n) is 3.92. The van der Waals surface area contributed by atoms with Crippen molar-refractivity contribution in [3.8, 4) is 17.5 Å². The zero-order valence-electron chi connectivity index (χ0n) is 17.0. The van der Waals surface area contributed by atoms with E-state index in [2.05, 4.69) is 5.10 Å². The fraction of sp³-hybridized carbons (Fsp3) is 0.400. The number of methoxy groups -OCH3 is 1. The van der Waals surface area contributed by atoms with Crippen LogP contribution in [-0.2, 0) is 4.74 Å². The molecule has 0 N–H and O–H groups in total. The number of rotatable bonds is 5. The summed E-state index contributed by atoms with van der Waals surface area (Å²) >= 11 is 0. The molecule has 0 atom stereocenters. The molecule has 154 valence electrons. The first-order valence-electron chi connectivity index (χ1n) is 8.88. The predicted molar refractivity (Wildman–Crippen MR) is 105 cm³/mol. The summed E-state index contributed by atoms with van der Waals surface area (Å²) in [5.74, 6) is 0.548. The number of aromatic nitrogens is 2. The highest BCUT2D eigenvalue weighted by Gasteiger charge is 2.28. The van der Waals surface area contributed by atoms with Gasteiger partial charge < -0.3 is 9.47 Å². The summed E-state index contributed by atoms with van der Waals surface area (Å²) in [6.45, 7) is 5.32. The van der Waals surface area contributed by atoms with Gasteiger partial charge in [-0.3, -0.25) is 9.69 Å². The van der Waals surface area contributed by atoms with Crippen LogP contribution in [0.4, 0.5) is 15.0 Å². The number of nitriles is 1. The van der Waals surface area contributed by atoms with Crippen molar-refractivity contribution in [3.05, 3.63) is 45.7 Å². The van der Waals surface area contributed by atoms with Crippen molar-refractivity contribution < 1.29 is 18.7 Å². The van der Waals surface area contributed by atoms with Gasteiger partial charge in [-0.25, -0.2) is 9.18 Å². The highest BCUT2D eigenvalue weighted by Crippen LogP contribution is 2.22. The van der Waals surface area contributed by atoms with Gasteiger partial charge in [0, 0.05) is 5.56 Å². The van der Waals surface area contributed by atoms with Crippen molar-refractivity contribution >= 4 is 11.9 Å². The van der Waals surface area contributed by atoms with E-state index in [4.69, 9.17) is 9.47 Å². The fourth-order valence-corrected chi connectivity index (χ4v) is 2.56. The lowest BCUT2D eigenvalue weighted by atomic mass is 10.1. The van der Waals surface area contributed by atoms with Crippen LogP contribution in [-0.4, -0.2) is 41.8 Å². The normalized spacial score (nSPS) is 10.9. The van der Waals surface area contributed by atoms with Crippen LogP contribution in [0.25, 0.3) is 5.69 Å². The Labute approximate surface area is 168 Å². The molecular formula is C20H23FN4O4. The summed E-state index contributed by atoms with van der Waals surface area (Å²) in [7, 11) is 1.51. The number of halogens is 1. The summed E-state index contributed by atoms with van der Waals surface area (Å²) < 4.78 is 24.6. The number of nitrogens with zero attached hydrogens (tertiary/aromatic N) is 4. The maximum absolute atomic E-state index is 13.2. The number of ether oxygens (including phenoxy) is 2. The minimum atomic E-state index is -0.857. The third-order valence-corrected chi connectivity index (χ3v) is 3.92. The van der Waals surface area contributed by atoms with E-state index in [9.17, 15) is 19.2 Å². The van der Waals surface area contributed by atoms with Crippen LogP contribution in [0.15, 0.2) is 29.1 Å². The van der Waals surface area contributed by atoms with Gasteiger partial charge in [-0.05, 0) is 52.0 Å². The zero-order chi connectivity index (χ0) is 21.8. The van der Waals surface area contributed by atoms with Crippen LogP contribution in [0, 0.1) is 18.3 Å². The summed E-state index contributed by atoms with van der Waals surface area (Å²) in [5, 5.41) is 13.7. The van der Waals surface area contributed by atoms with E-state index >= 15 is 0 Å². The third kappa shape index (κ3) is 4.90. The fourth-order valence-electron chi connectivity index (χ4n) is 2.56. The molecule has 2 aromatic rings. The largest absolute Gasteiger partial charge is 0.497 e. The van der Waals surface area contributed by atoms with Crippen molar-refractivity contribution in [2.75, 3.05) is 25.2 Å². The van der Waals surface area contributed by atoms with Crippen molar-refractivity contribution in [2.24, 2.45) is 0 Å². The van der Waals surface area contributed by atoms with Crippen molar-refractivity contribution in [1.29, 1.82) is 5.26 Å². The SMILES string of the molecule is COc1ccc(-n2nc(N(CCF)C(=O)OC(C)(C)C)c(C)c(C#N)c2=O)cc1. The van der Waals surface area contributed by atoms with Crippen LogP contribution in [0.1, 0.15) is 31.9 Å². The molecule has 1 aromatic heterocycles. The van der Waals surface area contributed by atoms with Gasteiger partial charge in [0.2, 0.25) is 0 Å². The highest BCUT2D eigenvalue weighted by molar-refractivity contribution is 5.87. The second kappa shape index (κ2) is 8.73. The first-order valence-corrected chi connectivity index (χ1v) is 8.88. The summed E-state index contributed by atoms with van der Waals surface area (Å²) in [6.07, 6.45) is -0.824. The average molecular weight is 402 g/mol. The Bertz CT molecular complexity index is 988. The second-order valence-corrected chi connectivity index (χ2v) is 7.17. The Kier molecular flexibility index (Phi) is 6.59. The molecule has 0 spiro atoms. The molecule has 0 bridgehead atoms. The predicted octanol–water partition coefficient (Wildman–Crippen LogP) is 3.13. The molecule has 0 saturated heterocycles. The molecule has 0 aliphatic heterocycles. The van der Waals surface area contributed by atoms with Crippen molar-refractivity contribution in [2.45, 2.75) is 33.3 Å². The minimum absolute atomic E-state index is 0.0242. The lowest BCUT2D eigenvalue weighted by Gasteiger charge is -2.27. The Balaban J connectivity index is 2.67. The second-order valence-electron chi connectivity index (χ2n) is 7.17. The van der Waals surface area contributed by atoms with Crippen LogP contribution in [0.5, 0.6) is 5.75 Å². The molecule has 8 nitrogen and oxygen atoms in total. The molecule has 9 heteroatoms. The summed E-state index contributed by atoms with van der Waals surface area (Å²) in [5.41, 5.74) is -1.14. The summed E-state index contributed by atoms with van der Waals surface area (Å²) in [6, 6.07) is 8.27. The number of hydrogen-bond acceptors (Lipinski definition) is 6. The van der Waals surface area contributed by atoms with E-state index in [1.807, 2.05) is 6.07 Å². The molecule has 0 unspecified atom stereocenters. The quantitative estimate of drug-likeness (QED) is 0.762. The molecule has 29 heavy (non-hydrogen) atoms. The average Bonchev–Trinajstić information content (AvgIpc) is 2.66. The van der Waals surface area contributed by atoms with Crippen LogP contribution in [0.3, 0.4) is 0 Å². The van der Waals surface area contributed by atoms with E-state index in [1.165, 1.54) is 14.0 Å². The van der Waals surface area contributed by atoms with Crippen LogP contribution in [0.2, 0.25) is 0 Å². The maximum Gasteiger partial charge on any atom is 0.416 e. The van der Waals surface area contributed by atoms with E-state index in [1.54, 1.807) is 45.0 Å². The lowest BCUT2D eigenvalue weighted by molar-refractivity contribution is 0.0576. The minimum Gasteiger partial charge on any atom is -0.497 e. The van der Waals surface area contributed by atoms with Crippen LogP contribution >= 0.6 is 0 Å². The smallest absolute Gasteiger partial charge is 0.416 e. The van der Waals surface area contributed by atoms with Crippen molar-refractivity contribution in [1.82, 2.24) is 9.78 Å². The number of carbonyl (C=O) groups is 1. The topological polar surface area (TPSA) is 97.4 Å². The van der Waals surface area contributed by atoms with Gasteiger partial charge in [0.15, 0.2) is 5.82 Å². The molecular weight excluding hydrogens is 379 g/mol. The molecule has 2 rings (SSSR count). The monoisotopic (exact) mass is 402 g/mol. The number of amides is 1. The van der Waals surface area contributed by atoms with Crippen molar-refractivity contribution in [3.63, 3.8) is 0 Å². The first kappa shape index (κ1) is 21.9. The number of carbonyl (C=O) groups excluding carboxylic acids is 1. The van der Waals surface area contributed by atoms with Gasteiger partial charge in [-0.2, -0.15) is 9.94 Å². The molecule has 0 saturated carbocycles. The standard InChI is InChI=1S/C20H23FN4O4/c1-13-16(12-22)18(26)25(14-6-8-15(28-5)9-7-14)23-17(13)24(11-10-21)19(27)29-20(2,3)4/h6-9H,10-11H2,1-5H3. The van der Waals surface area contributed by atoms with Gasteiger partial charge in [0.25, 0.3) is 5.56 Å². The molecule has 0 aliphatic carbocycles.